The van der Waals surface area contributed by atoms with E-state index >= 15 is 0 Å². The Labute approximate surface area is 80.3 Å². The molecule has 0 bridgehead atoms. The molecule has 0 nitrogen and oxygen atoms in total. The van der Waals surface area contributed by atoms with Crippen LogP contribution in [0.1, 0.15) is 58.8 Å². The molecular formula is C10H20V. The Balaban J connectivity index is 2.85. The molecule has 0 spiro atoms. The molecule has 0 aromatic carbocycles. The summed E-state index contributed by atoms with van der Waals surface area (Å²) in [6.45, 7) is 4.47. The molecule has 65 valence electrons. The maximum absolute atomic E-state index is 2.64. The van der Waals surface area contributed by atoms with Gasteiger partial charge in [0.15, 0.2) is 0 Å². The van der Waals surface area contributed by atoms with Crippen molar-refractivity contribution in [1.29, 1.82) is 0 Å². The number of hydrogen-bond acceptors (Lipinski definition) is 0. The Kier molecular flexibility index (Phi) is 8.90. The van der Waals surface area contributed by atoms with Gasteiger partial charge in [0, 0.05) is 0 Å². The van der Waals surface area contributed by atoms with Gasteiger partial charge in [0.05, 0.1) is 0 Å². The third kappa shape index (κ3) is 10.5. The molecule has 0 aliphatic rings. The molecule has 1 heteroatoms. The van der Waals surface area contributed by atoms with E-state index in [0.717, 1.165) is 0 Å². The number of rotatable bonds is 7. The van der Waals surface area contributed by atoms with E-state index in [1.807, 2.05) is 0 Å². The van der Waals surface area contributed by atoms with Gasteiger partial charge in [-0.2, -0.15) is 0 Å². The molecule has 0 aromatic heterocycles. The van der Waals surface area contributed by atoms with Crippen LogP contribution in [-0.2, 0) is 17.0 Å². The molecule has 0 radical (unpaired) electrons. The normalized spacial score (nSPS) is 9.91. The summed E-state index contributed by atoms with van der Waals surface area (Å²) in [6, 6.07) is 0. The molecule has 0 N–H and O–H groups in total. The van der Waals surface area contributed by atoms with E-state index in [2.05, 4.69) is 30.8 Å². The first kappa shape index (κ1) is 11.5. The fourth-order valence-electron chi connectivity index (χ4n) is 1.16. The van der Waals surface area contributed by atoms with Crippen LogP contribution in [0.25, 0.3) is 0 Å². The van der Waals surface area contributed by atoms with E-state index in [1.54, 1.807) is 0 Å². The van der Waals surface area contributed by atoms with E-state index in [-0.39, 0.29) is 0 Å². The Morgan fingerprint density at radius 2 is 1.55 bits per heavy atom. The van der Waals surface area contributed by atoms with Crippen molar-refractivity contribution in [1.82, 2.24) is 0 Å². The molecule has 0 aliphatic carbocycles. The summed E-state index contributed by atoms with van der Waals surface area (Å²) in [6.07, 6.45) is 9.79. The second-order valence-corrected chi connectivity index (χ2v) is 4.45. The molecule has 0 aromatic rings. The predicted molar refractivity (Wildman–Crippen MR) is 48.7 cm³/mol. The van der Waals surface area contributed by atoms with E-state index < -0.39 is 0 Å². The van der Waals surface area contributed by atoms with Gasteiger partial charge in [-0.1, -0.05) is 0 Å². The van der Waals surface area contributed by atoms with Crippen molar-refractivity contribution < 1.29 is 17.0 Å². The van der Waals surface area contributed by atoms with Gasteiger partial charge >= 0.3 is 80.0 Å². The second kappa shape index (κ2) is 8.55. The standard InChI is InChI=1S/C10H20.V/c1-3-5-7-9-10-8-6-4-2;/h3,5-10H2,1-2H3;. The zero-order chi connectivity index (χ0) is 8.53. The molecule has 0 aliphatic heterocycles. The van der Waals surface area contributed by atoms with Gasteiger partial charge in [-0.3, -0.25) is 0 Å². The number of unbranched alkanes of at least 4 members (excludes halogenated alkanes) is 5. The third-order valence-electron chi connectivity index (χ3n) is 1.89. The summed E-state index contributed by atoms with van der Waals surface area (Å²) >= 11 is 2.64. The van der Waals surface area contributed by atoms with Gasteiger partial charge in [0.25, 0.3) is 0 Å². The topological polar surface area (TPSA) is 0 Å². The molecule has 0 rings (SSSR count). The van der Waals surface area contributed by atoms with Crippen molar-refractivity contribution >= 4 is 4.23 Å². The Bertz CT molecular complexity index is 97.0. The Morgan fingerprint density at radius 1 is 1.00 bits per heavy atom. The summed E-state index contributed by atoms with van der Waals surface area (Å²) in [5, 5.41) is 0. The Hall–Kier alpha value is 0.454. The van der Waals surface area contributed by atoms with Gasteiger partial charge in [-0.05, 0) is 0 Å². The summed E-state index contributed by atoms with van der Waals surface area (Å²) in [5.41, 5.74) is 0. The van der Waals surface area contributed by atoms with Crippen molar-refractivity contribution in [3.05, 3.63) is 0 Å². The minimum absolute atomic E-state index is 1.31. The van der Waals surface area contributed by atoms with Crippen LogP contribution in [0.3, 0.4) is 0 Å². The minimum atomic E-state index is 1.31. The van der Waals surface area contributed by atoms with Gasteiger partial charge in [-0.15, -0.1) is 0 Å². The fourth-order valence-corrected chi connectivity index (χ4v) is 1.41. The molecule has 0 heterocycles. The zero-order valence-corrected chi connectivity index (χ0v) is 9.29. The van der Waals surface area contributed by atoms with Crippen LogP contribution in [0.2, 0.25) is 0 Å². The quantitative estimate of drug-likeness (QED) is 0.540. The van der Waals surface area contributed by atoms with Gasteiger partial charge in [-0.25, -0.2) is 0 Å². The van der Waals surface area contributed by atoms with E-state index in [4.69, 9.17) is 0 Å². The molecule has 0 saturated heterocycles. The molecular weight excluding hydrogens is 171 g/mol. The molecule has 11 heavy (non-hydrogen) atoms. The maximum atomic E-state index is 2.64. The summed E-state index contributed by atoms with van der Waals surface area (Å²) < 4.78 is 1.52. The first-order valence-electron chi connectivity index (χ1n) is 4.78. The SMILES string of the molecule is CCCCCCCC[C](C)=[V]. The zero-order valence-electron chi connectivity index (χ0n) is 7.90. The summed E-state index contributed by atoms with van der Waals surface area (Å²) in [4.78, 5) is 0. The van der Waals surface area contributed by atoms with Gasteiger partial charge < -0.3 is 0 Å². The van der Waals surface area contributed by atoms with Crippen molar-refractivity contribution in [3.8, 4) is 0 Å². The van der Waals surface area contributed by atoms with Gasteiger partial charge in [0.2, 0.25) is 0 Å². The van der Waals surface area contributed by atoms with Gasteiger partial charge in [0.1, 0.15) is 0 Å². The van der Waals surface area contributed by atoms with Crippen molar-refractivity contribution in [2.24, 2.45) is 0 Å². The average Bonchev–Trinajstić information content (AvgIpc) is 1.96. The second-order valence-electron chi connectivity index (χ2n) is 3.25. The van der Waals surface area contributed by atoms with E-state index in [9.17, 15) is 0 Å². The van der Waals surface area contributed by atoms with Crippen LogP contribution < -0.4 is 0 Å². The third-order valence-corrected chi connectivity index (χ3v) is 2.24. The van der Waals surface area contributed by atoms with Crippen LogP contribution in [0.15, 0.2) is 0 Å². The van der Waals surface area contributed by atoms with Crippen LogP contribution in [-0.4, -0.2) is 4.23 Å². The molecule has 0 saturated carbocycles. The summed E-state index contributed by atoms with van der Waals surface area (Å²) in [5.74, 6) is 0. The molecule has 0 unspecified atom stereocenters. The van der Waals surface area contributed by atoms with Crippen LogP contribution in [0, 0.1) is 0 Å². The first-order chi connectivity index (χ1) is 5.27. The first-order valence-corrected chi connectivity index (χ1v) is 5.48. The molecule has 0 atom stereocenters. The van der Waals surface area contributed by atoms with E-state index in [0.29, 0.717) is 0 Å². The molecule has 0 fully saturated rings. The monoisotopic (exact) mass is 191 g/mol. The van der Waals surface area contributed by atoms with Crippen molar-refractivity contribution in [2.75, 3.05) is 0 Å². The van der Waals surface area contributed by atoms with Crippen LogP contribution in [0.4, 0.5) is 0 Å². The molecule has 0 amide bonds. The van der Waals surface area contributed by atoms with Crippen LogP contribution in [0.5, 0.6) is 0 Å². The van der Waals surface area contributed by atoms with Crippen LogP contribution >= 0.6 is 0 Å². The fraction of sp³-hybridized carbons (Fsp3) is 0.900. The number of hydrogen-bond donors (Lipinski definition) is 0. The average molecular weight is 191 g/mol. The van der Waals surface area contributed by atoms with Crippen molar-refractivity contribution in [2.45, 2.75) is 58.8 Å². The van der Waals surface area contributed by atoms with E-state index in [1.165, 1.54) is 49.2 Å². The summed E-state index contributed by atoms with van der Waals surface area (Å²) in [7, 11) is 0. The predicted octanol–water partition coefficient (Wildman–Crippen LogP) is 3.48. The van der Waals surface area contributed by atoms with Crippen molar-refractivity contribution in [3.63, 3.8) is 0 Å². The Morgan fingerprint density at radius 3 is 2.09 bits per heavy atom.